The highest BCUT2D eigenvalue weighted by molar-refractivity contribution is 6.29. The lowest BCUT2D eigenvalue weighted by atomic mass is 10.1. The zero-order chi connectivity index (χ0) is 12.1. The topological polar surface area (TPSA) is 50.2 Å². The summed E-state index contributed by atoms with van der Waals surface area (Å²) >= 11 is 5.82. The third-order valence-corrected chi connectivity index (χ3v) is 2.31. The van der Waals surface area contributed by atoms with Crippen LogP contribution in [-0.2, 0) is 0 Å². The second-order valence-corrected chi connectivity index (χ2v) is 3.68. The van der Waals surface area contributed by atoms with Crippen LogP contribution in [0.4, 0.5) is 5.69 Å². The minimum atomic E-state index is 0.332. The van der Waals surface area contributed by atoms with E-state index in [0.29, 0.717) is 5.15 Å². The summed E-state index contributed by atoms with van der Waals surface area (Å²) < 4.78 is 0. The fraction of sp³-hybridized carbons (Fsp3) is 0.0833. The largest absolute Gasteiger partial charge is 0.276 e. The van der Waals surface area contributed by atoms with E-state index in [0.717, 1.165) is 16.9 Å². The number of anilines is 1. The Balaban J connectivity index is 2.46. The fourth-order valence-corrected chi connectivity index (χ4v) is 1.54. The fourth-order valence-electron chi connectivity index (χ4n) is 1.40. The Morgan fingerprint density at radius 3 is 2.71 bits per heavy atom. The Morgan fingerprint density at radius 2 is 2.00 bits per heavy atom. The molecular weight excluding hydrogens is 236 g/mol. The molecule has 0 saturated heterocycles. The molecule has 0 atom stereocenters. The third kappa shape index (κ3) is 2.79. The first kappa shape index (κ1) is 11.5. The van der Waals surface area contributed by atoms with Gasteiger partial charge in [0.05, 0.1) is 5.69 Å². The molecule has 0 aliphatic carbocycles. The van der Waals surface area contributed by atoms with Crippen molar-refractivity contribution in [1.29, 1.82) is 0 Å². The van der Waals surface area contributed by atoms with E-state index in [2.05, 4.69) is 20.7 Å². The second-order valence-electron chi connectivity index (χ2n) is 3.29. The number of rotatable bonds is 3. The highest BCUT2D eigenvalue weighted by Gasteiger charge is 2.07. The van der Waals surface area contributed by atoms with E-state index in [1.54, 1.807) is 12.3 Å². The molecule has 0 unspecified atom stereocenters. The summed E-state index contributed by atoms with van der Waals surface area (Å²) in [7, 11) is 0. The number of nitrogens with one attached hydrogen (secondary N) is 1. The molecule has 1 heterocycles. The van der Waals surface area contributed by atoms with Gasteiger partial charge in [0.1, 0.15) is 5.69 Å². The molecule has 0 aliphatic rings. The highest BCUT2D eigenvalue weighted by Crippen LogP contribution is 2.26. The first-order chi connectivity index (χ1) is 8.31. The van der Waals surface area contributed by atoms with Gasteiger partial charge in [-0.3, -0.25) is 5.43 Å². The maximum Gasteiger partial charge on any atom is 0.153 e. The van der Waals surface area contributed by atoms with Crippen LogP contribution >= 0.6 is 11.6 Å². The summed E-state index contributed by atoms with van der Waals surface area (Å²) in [6, 6.07) is 11.4. The molecule has 1 aromatic heterocycles. The van der Waals surface area contributed by atoms with Gasteiger partial charge in [-0.05, 0) is 6.92 Å². The first-order valence-electron chi connectivity index (χ1n) is 5.13. The summed E-state index contributed by atoms with van der Waals surface area (Å²) in [6.07, 6.45) is 1.66. The Hall–Kier alpha value is -1.94. The number of benzene rings is 1. The molecule has 0 amide bonds. The Kier molecular flexibility index (Phi) is 3.67. The molecule has 0 spiro atoms. The van der Waals surface area contributed by atoms with Crippen molar-refractivity contribution in [3.05, 3.63) is 41.6 Å². The van der Waals surface area contributed by atoms with Crippen molar-refractivity contribution >= 4 is 23.5 Å². The van der Waals surface area contributed by atoms with Crippen molar-refractivity contribution in [2.75, 3.05) is 5.43 Å². The van der Waals surface area contributed by atoms with Crippen LogP contribution in [0.1, 0.15) is 6.92 Å². The predicted molar refractivity (Wildman–Crippen MR) is 70.3 cm³/mol. The standard InChI is InChI=1S/C12H11ClN4/c1-2-14-15-10-8-11(13)16-17-12(10)9-6-4-3-5-7-9/h2-8H,1H3,(H,15,16)/b14-2+. The monoisotopic (exact) mass is 246 g/mol. The average molecular weight is 247 g/mol. The number of hydrazone groups is 1. The number of hydrogen-bond donors (Lipinski definition) is 1. The Labute approximate surface area is 104 Å². The highest BCUT2D eigenvalue weighted by atomic mass is 35.5. The molecule has 0 radical (unpaired) electrons. The summed E-state index contributed by atoms with van der Waals surface area (Å²) in [5.41, 5.74) is 5.30. The van der Waals surface area contributed by atoms with Crippen LogP contribution < -0.4 is 5.43 Å². The summed E-state index contributed by atoms with van der Waals surface area (Å²) in [5, 5.41) is 12.2. The van der Waals surface area contributed by atoms with Gasteiger partial charge in [0, 0.05) is 17.8 Å². The normalized spacial score (nSPS) is 10.7. The van der Waals surface area contributed by atoms with Gasteiger partial charge in [0.15, 0.2) is 5.15 Å². The molecule has 0 saturated carbocycles. The van der Waals surface area contributed by atoms with Crippen LogP contribution in [0, 0.1) is 0 Å². The Morgan fingerprint density at radius 1 is 1.24 bits per heavy atom. The lowest BCUT2D eigenvalue weighted by Gasteiger charge is -2.07. The van der Waals surface area contributed by atoms with Gasteiger partial charge in [-0.25, -0.2) is 0 Å². The molecule has 2 aromatic rings. The van der Waals surface area contributed by atoms with E-state index >= 15 is 0 Å². The first-order valence-corrected chi connectivity index (χ1v) is 5.51. The average Bonchev–Trinajstić information content (AvgIpc) is 2.37. The summed E-state index contributed by atoms with van der Waals surface area (Å²) in [5.74, 6) is 0. The van der Waals surface area contributed by atoms with E-state index in [9.17, 15) is 0 Å². The number of halogens is 1. The Bertz CT molecular complexity index is 525. The van der Waals surface area contributed by atoms with Crippen molar-refractivity contribution in [2.24, 2.45) is 5.10 Å². The third-order valence-electron chi connectivity index (χ3n) is 2.13. The molecule has 5 heteroatoms. The molecule has 1 aromatic carbocycles. The molecule has 17 heavy (non-hydrogen) atoms. The van der Waals surface area contributed by atoms with Gasteiger partial charge in [-0.15, -0.1) is 10.2 Å². The summed E-state index contributed by atoms with van der Waals surface area (Å²) in [4.78, 5) is 0. The zero-order valence-corrected chi connectivity index (χ0v) is 10.0. The summed E-state index contributed by atoms with van der Waals surface area (Å²) in [6.45, 7) is 1.82. The molecule has 4 nitrogen and oxygen atoms in total. The zero-order valence-electron chi connectivity index (χ0n) is 9.26. The van der Waals surface area contributed by atoms with Crippen molar-refractivity contribution < 1.29 is 0 Å². The smallest absolute Gasteiger partial charge is 0.153 e. The molecule has 86 valence electrons. The second kappa shape index (κ2) is 5.41. The van der Waals surface area contributed by atoms with Crippen LogP contribution in [0.2, 0.25) is 5.15 Å². The maximum atomic E-state index is 5.82. The molecular formula is C12H11ClN4. The van der Waals surface area contributed by atoms with Crippen LogP contribution in [0.25, 0.3) is 11.3 Å². The van der Waals surface area contributed by atoms with E-state index in [-0.39, 0.29) is 0 Å². The molecule has 0 fully saturated rings. The molecule has 0 bridgehead atoms. The van der Waals surface area contributed by atoms with Crippen LogP contribution in [0.3, 0.4) is 0 Å². The van der Waals surface area contributed by atoms with Crippen LogP contribution in [0.15, 0.2) is 41.5 Å². The van der Waals surface area contributed by atoms with Crippen LogP contribution in [0.5, 0.6) is 0 Å². The van der Waals surface area contributed by atoms with Gasteiger partial charge in [-0.1, -0.05) is 41.9 Å². The minimum absolute atomic E-state index is 0.332. The molecule has 2 rings (SSSR count). The number of nitrogens with zero attached hydrogens (tertiary/aromatic N) is 3. The van der Waals surface area contributed by atoms with E-state index in [4.69, 9.17) is 11.6 Å². The quantitative estimate of drug-likeness (QED) is 0.668. The van der Waals surface area contributed by atoms with Gasteiger partial charge < -0.3 is 0 Å². The van der Waals surface area contributed by atoms with E-state index < -0.39 is 0 Å². The number of aromatic nitrogens is 2. The van der Waals surface area contributed by atoms with E-state index in [1.165, 1.54) is 0 Å². The van der Waals surface area contributed by atoms with Crippen LogP contribution in [-0.4, -0.2) is 16.4 Å². The van der Waals surface area contributed by atoms with E-state index in [1.807, 2.05) is 37.3 Å². The van der Waals surface area contributed by atoms with Gasteiger partial charge >= 0.3 is 0 Å². The van der Waals surface area contributed by atoms with Crippen molar-refractivity contribution in [3.8, 4) is 11.3 Å². The molecule has 1 N–H and O–H groups in total. The predicted octanol–water partition coefficient (Wildman–Crippen LogP) is 3.21. The van der Waals surface area contributed by atoms with Crippen molar-refractivity contribution in [1.82, 2.24) is 10.2 Å². The maximum absolute atomic E-state index is 5.82. The lowest BCUT2D eigenvalue weighted by molar-refractivity contribution is 1.04. The van der Waals surface area contributed by atoms with Crippen molar-refractivity contribution in [3.63, 3.8) is 0 Å². The van der Waals surface area contributed by atoms with Gasteiger partial charge in [0.2, 0.25) is 0 Å². The van der Waals surface area contributed by atoms with Gasteiger partial charge in [0.25, 0.3) is 0 Å². The molecule has 0 aliphatic heterocycles. The SMILES string of the molecule is C/C=N/Nc1cc(Cl)nnc1-c1ccccc1. The van der Waals surface area contributed by atoms with Gasteiger partial charge in [-0.2, -0.15) is 5.10 Å². The van der Waals surface area contributed by atoms with Crippen molar-refractivity contribution in [2.45, 2.75) is 6.92 Å². The minimum Gasteiger partial charge on any atom is -0.276 e. The number of hydrogen-bond acceptors (Lipinski definition) is 4. The lowest BCUT2D eigenvalue weighted by Crippen LogP contribution is -1.97.